The van der Waals surface area contributed by atoms with Gasteiger partial charge in [-0.05, 0) is 39.5 Å². The monoisotopic (exact) mass is 323 g/mol. The van der Waals surface area contributed by atoms with Crippen LogP contribution >= 0.6 is 11.3 Å². The standard InChI is InChI=1S/C16H25N3O2S/c1-4-16(3,15-18-11(2)10-22-15)19-13(20)6-5-9-17-14(21)12-7-8-12/h10,12H,4-9H2,1-3H3,(H,17,21)(H,19,20). The van der Waals surface area contributed by atoms with Gasteiger partial charge in [0.05, 0.1) is 5.54 Å². The molecule has 0 saturated heterocycles. The molecule has 0 bridgehead atoms. The van der Waals surface area contributed by atoms with Crippen molar-refractivity contribution < 1.29 is 9.59 Å². The summed E-state index contributed by atoms with van der Waals surface area (Å²) in [6.07, 6.45) is 3.90. The van der Waals surface area contributed by atoms with Crippen molar-refractivity contribution in [3.8, 4) is 0 Å². The smallest absolute Gasteiger partial charge is 0.223 e. The summed E-state index contributed by atoms with van der Waals surface area (Å²) in [7, 11) is 0. The zero-order chi connectivity index (χ0) is 16.2. The molecule has 22 heavy (non-hydrogen) atoms. The Morgan fingerprint density at radius 3 is 2.73 bits per heavy atom. The van der Waals surface area contributed by atoms with Crippen molar-refractivity contribution in [1.29, 1.82) is 0 Å². The second-order valence-electron chi connectivity index (χ2n) is 6.20. The third-order valence-corrected chi connectivity index (χ3v) is 5.27. The van der Waals surface area contributed by atoms with Crippen LogP contribution in [0.3, 0.4) is 0 Å². The fraction of sp³-hybridized carbons (Fsp3) is 0.688. The fourth-order valence-electron chi connectivity index (χ4n) is 2.22. The molecule has 0 aliphatic heterocycles. The molecule has 1 atom stereocenters. The first-order valence-electron chi connectivity index (χ1n) is 7.96. The van der Waals surface area contributed by atoms with Gasteiger partial charge in [0, 0.05) is 30.0 Å². The topological polar surface area (TPSA) is 71.1 Å². The number of carbonyl (C=O) groups excluding carboxylic acids is 2. The molecule has 1 aromatic rings. The minimum atomic E-state index is -0.409. The van der Waals surface area contributed by atoms with E-state index in [4.69, 9.17) is 0 Å². The van der Waals surface area contributed by atoms with Crippen LogP contribution in [-0.4, -0.2) is 23.3 Å². The Hall–Kier alpha value is -1.43. The van der Waals surface area contributed by atoms with Crippen molar-refractivity contribution in [2.75, 3.05) is 6.54 Å². The number of thiazole rings is 1. The number of nitrogens with one attached hydrogen (secondary N) is 2. The molecule has 2 rings (SSSR count). The van der Waals surface area contributed by atoms with E-state index < -0.39 is 5.54 Å². The number of carbonyl (C=O) groups is 2. The van der Waals surface area contributed by atoms with Gasteiger partial charge in [-0.15, -0.1) is 11.3 Å². The number of hydrogen-bond acceptors (Lipinski definition) is 4. The van der Waals surface area contributed by atoms with Gasteiger partial charge in [0.15, 0.2) is 0 Å². The Morgan fingerprint density at radius 2 is 2.18 bits per heavy atom. The lowest BCUT2D eigenvalue weighted by atomic mass is 9.99. The lowest BCUT2D eigenvalue weighted by Gasteiger charge is -2.27. The lowest BCUT2D eigenvalue weighted by molar-refractivity contribution is -0.124. The molecule has 0 radical (unpaired) electrons. The second-order valence-corrected chi connectivity index (χ2v) is 7.05. The van der Waals surface area contributed by atoms with Crippen LogP contribution in [0.15, 0.2) is 5.38 Å². The average Bonchev–Trinajstić information content (AvgIpc) is 3.25. The second kappa shape index (κ2) is 7.22. The number of hydrogen-bond donors (Lipinski definition) is 2. The molecule has 1 saturated carbocycles. The number of amides is 2. The number of aryl methyl sites for hydroxylation is 1. The summed E-state index contributed by atoms with van der Waals surface area (Å²) in [5, 5.41) is 8.92. The Labute approximate surface area is 135 Å². The van der Waals surface area contributed by atoms with Crippen LogP contribution in [0.4, 0.5) is 0 Å². The van der Waals surface area contributed by atoms with E-state index in [9.17, 15) is 9.59 Å². The van der Waals surface area contributed by atoms with Crippen molar-refractivity contribution in [1.82, 2.24) is 15.6 Å². The van der Waals surface area contributed by atoms with Crippen LogP contribution in [0.5, 0.6) is 0 Å². The minimum absolute atomic E-state index is 0.0119. The van der Waals surface area contributed by atoms with Crippen LogP contribution in [0.25, 0.3) is 0 Å². The van der Waals surface area contributed by atoms with E-state index in [1.165, 1.54) is 0 Å². The highest BCUT2D eigenvalue weighted by atomic mass is 32.1. The van der Waals surface area contributed by atoms with Crippen molar-refractivity contribution >= 4 is 23.2 Å². The average molecular weight is 323 g/mol. The van der Waals surface area contributed by atoms with Crippen LogP contribution < -0.4 is 10.6 Å². The van der Waals surface area contributed by atoms with E-state index in [0.717, 1.165) is 30.0 Å². The van der Waals surface area contributed by atoms with Gasteiger partial charge in [-0.1, -0.05) is 6.92 Å². The molecule has 2 amide bonds. The molecule has 0 spiro atoms. The van der Waals surface area contributed by atoms with Crippen LogP contribution in [0, 0.1) is 12.8 Å². The highest BCUT2D eigenvalue weighted by molar-refractivity contribution is 7.09. The first-order valence-corrected chi connectivity index (χ1v) is 8.84. The summed E-state index contributed by atoms with van der Waals surface area (Å²) < 4.78 is 0. The molecule has 122 valence electrons. The summed E-state index contributed by atoms with van der Waals surface area (Å²) in [6.45, 7) is 6.59. The van der Waals surface area contributed by atoms with Crippen molar-refractivity contribution in [3.05, 3.63) is 16.1 Å². The number of nitrogens with zero attached hydrogens (tertiary/aromatic N) is 1. The van der Waals surface area contributed by atoms with Crippen LogP contribution in [0.2, 0.25) is 0 Å². The zero-order valence-corrected chi connectivity index (χ0v) is 14.4. The Bertz CT molecular complexity index is 539. The maximum absolute atomic E-state index is 12.1. The van der Waals surface area contributed by atoms with Gasteiger partial charge in [0.2, 0.25) is 11.8 Å². The van der Waals surface area contributed by atoms with Gasteiger partial charge in [0.25, 0.3) is 0 Å². The molecule has 6 heteroatoms. The molecule has 1 aromatic heterocycles. The molecular formula is C16H25N3O2S. The molecule has 1 aliphatic rings. The third-order valence-electron chi connectivity index (χ3n) is 4.04. The third kappa shape index (κ3) is 4.53. The first-order chi connectivity index (χ1) is 10.4. The molecule has 1 unspecified atom stereocenters. The predicted octanol–water partition coefficient (Wildman–Crippen LogP) is 2.50. The zero-order valence-electron chi connectivity index (χ0n) is 13.6. The molecule has 5 nitrogen and oxygen atoms in total. The molecule has 1 fully saturated rings. The highest BCUT2D eigenvalue weighted by Gasteiger charge is 2.30. The van der Waals surface area contributed by atoms with E-state index in [2.05, 4.69) is 15.6 Å². The summed E-state index contributed by atoms with van der Waals surface area (Å²) in [4.78, 5) is 28.1. The molecule has 2 N–H and O–H groups in total. The van der Waals surface area contributed by atoms with E-state index in [1.807, 2.05) is 26.2 Å². The lowest BCUT2D eigenvalue weighted by Crippen LogP contribution is -2.43. The van der Waals surface area contributed by atoms with E-state index >= 15 is 0 Å². The van der Waals surface area contributed by atoms with Gasteiger partial charge >= 0.3 is 0 Å². The van der Waals surface area contributed by atoms with Gasteiger partial charge in [-0.2, -0.15) is 0 Å². The van der Waals surface area contributed by atoms with E-state index in [0.29, 0.717) is 19.4 Å². The summed E-state index contributed by atoms with van der Waals surface area (Å²) in [6, 6.07) is 0. The molecule has 1 aliphatic carbocycles. The number of aromatic nitrogens is 1. The summed E-state index contributed by atoms with van der Waals surface area (Å²) >= 11 is 1.58. The predicted molar refractivity (Wildman–Crippen MR) is 87.6 cm³/mol. The molecule has 1 heterocycles. The van der Waals surface area contributed by atoms with Gasteiger partial charge in [0.1, 0.15) is 5.01 Å². The molecular weight excluding hydrogens is 298 g/mol. The van der Waals surface area contributed by atoms with E-state index in [-0.39, 0.29) is 17.7 Å². The maximum Gasteiger partial charge on any atom is 0.223 e. The Balaban J connectivity index is 1.75. The Kier molecular flexibility index (Phi) is 5.56. The largest absolute Gasteiger partial charge is 0.356 e. The summed E-state index contributed by atoms with van der Waals surface area (Å²) in [5.74, 6) is 0.375. The maximum atomic E-state index is 12.1. The van der Waals surface area contributed by atoms with Gasteiger partial charge < -0.3 is 10.6 Å². The van der Waals surface area contributed by atoms with E-state index in [1.54, 1.807) is 11.3 Å². The van der Waals surface area contributed by atoms with Crippen molar-refractivity contribution in [3.63, 3.8) is 0 Å². The SMILES string of the molecule is CCC(C)(NC(=O)CCCNC(=O)C1CC1)c1nc(C)cs1. The fourth-order valence-corrected chi connectivity index (χ4v) is 3.21. The van der Waals surface area contributed by atoms with Crippen molar-refractivity contribution in [2.45, 2.75) is 58.4 Å². The van der Waals surface area contributed by atoms with Crippen LogP contribution in [0.1, 0.15) is 56.7 Å². The minimum Gasteiger partial charge on any atom is -0.356 e. The van der Waals surface area contributed by atoms with Crippen LogP contribution in [-0.2, 0) is 15.1 Å². The number of rotatable bonds is 8. The summed E-state index contributed by atoms with van der Waals surface area (Å²) in [5.41, 5.74) is 0.574. The highest BCUT2D eigenvalue weighted by Crippen LogP contribution is 2.29. The quantitative estimate of drug-likeness (QED) is 0.722. The first kappa shape index (κ1) is 16.9. The normalized spacial score (nSPS) is 16.9. The van der Waals surface area contributed by atoms with Gasteiger partial charge in [-0.3, -0.25) is 9.59 Å². The van der Waals surface area contributed by atoms with Gasteiger partial charge in [-0.25, -0.2) is 4.98 Å². The Morgan fingerprint density at radius 1 is 1.45 bits per heavy atom. The molecule has 0 aromatic carbocycles. The van der Waals surface area contributed by atoms with Crippen molar-refractivity contribution in [2.24, 2.45) is 5.92 Å².